The summed E-state index contributed by atoms with van der Waals surface area (Å²) < 4.78 is 45.8. The van der Waals surface area contributed by atoms with Gasteiger partial charge in [-0.3, -0.25) is 0 Å². The zero-order valence-corrected chi connectivity index (χ0v) is 19.6. The molecule has 2 amide bonds. The van der Waals surface area contributed by atoms with Crippen LogP contribution in [0.5, 0.6) is 11.5 Å². The van der Waals surface area contributed by atoms with Gasteiger partial charge in [-0.1, -0.05) is 42.5 Å². The van der Waals surface area contributed by atoms with Crippen LogP contribution in [-0.2, 0) is 12.7 Å². The Kier molecular flexibility index (Phi) is 6.30. The van der Waals surface area contributed by atoms with Gasteiger partial charge in [0.05, 0.1) is 11.1 Å². The maximum atomic E-state index is 13.3. The number of carbonyl (C=O) groups is 1. The van der Waals surface area contributed by atoms with Crippen molar-refractivity contribution in [3.8, 4) is 11.5 Å². The van der Waals surface area contributed by atoms with E-state index in [1.54, 1.807) is 17.0 Å². The van der Waals surface area contributed by atoms with Gasteiger partial charge in [0, 0.05) is 32.2 Å². The number of amides is 2. The third kappa shape index (κ3) is 4.86. The SMILES string of the molecule is C[C@H]1CN(C2=Nc3ccc(C(F)(F)F)cc3Oc3ccccc32)CCN1C(=O)NCc1ccccc1. The summed E-state index contributed by atoms with van der Waals surface area (Å²) in [4.78, 5) is 21.4. The predicted molar refractivity (Wildman–Crippen MR) is 131 cm³/mol. The monoisotopic (exact) mass is 494 g/mol. The van der Waals surface area contributed by atoms with Gasteiger partial charge in [0.15, 0.2) is 5.75 Å². The van der Waals surface area contributed by atoms with E-state index in [2.05, 4.69) is 10.2 Å². The third-order valence-electron chi connectivity index (χ3n) is 6.34. The van der Waals surface area contributed by atoms with Crippen LogP contribution < -0.4 is 10.1 Å². The van der Waals surface area contributed by atoms with E-state index in [9.17, 15) is 18.0 Å². The van der Waals surface area contributed by atoms with Gasteiger partial charge in [-0.05, 0) is 42.8 Å². The summed E-state index contributed by atoms with van der Waals surface area (Å²) in [6, 6.07) is 20.0. The summed E-state index contributed by atoms with van der Waals surface area (Å²) in [6.45, 7) is 3.93. The normalized spacial score (nSPS) is 17.3. The third-order valence-corrected chi connectivity index (χ3v) is 6.34. The first kappa shape index (κ1) is 23.7. The molecule has 2 aliphatic rings. The minimum atomic E-state index is -4.48. The number of rotatable bonds is 2. The number of hydrogen-bond donors (Lipinski definition) is 1. The molecule has 6 nitrogen and oxygen atoms in total. The molecule has 2 aliphatic heterocycles. The van der Waals surface area contributed by atoms with Gasteiger partial charge in [0.1, 0.15) is 17.3 Å². The molecule has 3 aromatic rings. The van der Waals surface area contributed by atoms with Gasteiger partial charge >= 0.3 is 12.2 Å². The molecule has 9 heteroatoms. The molecular formula is C27H25F3N4O2. The van der Waals surface area contributed by atoms with Gasteiger partial charge in [0.2, 0.25) is 0 Å². The largest absolute Gasteiger partial charge is 0.454 e. The Morgan fingerprint density at radius 2 is 1.78 bits per heavy atom. The van der Waals surface area contributed by atoms with Crippen molar-refractivity contribution in [2.24, 2.45) is 4.99 Å². The number of urea groups is 1. The lowest BCUT2D eigenvalue weighted by Crippen LogP contribution is -2.57. The number of nitrogens with one attached hydrogen (secondary N) is 1. The Morgan fingerprint density at radius 3 is 2.53 bits per heavy atom. The van der Waals surface area contributed by atoms with Crippen LogP contribution in [0.2, 0.25) is 0 Å². The van der Waals surface area contributed by atoms with Crippen molar-refractivity contribution >= 4 is 17.6 Å². The van der Waals surface area contributed by atoms with Crippen molar-refractivity contribution in [1.82, 2.24) is 15.1 Å². The second-order valence-electron chi connectivity index (χ2n) is 8.85. The second kappa shape index (κ2) is 9.56. The van der Waals surface area contributed by atoms with E-state index in [0.717, 1.165) is 17.7 Å². The molecule has 2 heterocycles. The fourth-order valence-corrected chi connectivity index (χ4v) is 4.47. The molecular weight excluding hydrogens is 469 g/mol. The molecule has 0 spiro atoms. The quantitative estimate of drug-likeness (QED) is 0.490. The average Bonchev–Trinajstić information content (AvgIpc) is 3.03. The maximum Gasteiger partial charge on any atom is 0.416 e. The van der Waals surface area contributed by atoms with E-state index in [-0.39, 0.29) is 17.8 Å². The molecule has 186 valence electrons. The molecule has 0 radical (unpaired) electrons. The van der Waals surface area contributed by atoms with Gasteiger partial charge in [-0.25, -0.2) is 9.79 Å². The zero-order valence-electron chi connectivity index (χ0n) is 19.6. The summed E-state index contributed by atoms with van der Waals surface area (Å²) in [7, 11) is 0. The summed E-state index contributed by atoms with van der Waals surface area (Å²) in [5.41, 5.74) is 1.25. The van der Waals surface area contributed by atoms with Crippen molar-refractivity contribution in [2.45, 2.75) is 25.7 Å². The van der Waals surface area contributed by atoms with Crippen LogP contribution in [0.1, 0.15) is 23.6 Å². The minimum absolute atomic E-state index is 0.0549. The molecule has 36 heavy (non-hydrogen) atoms. The first-order chi connectivity index (χ1) is 17.3. The zero-order chi connectivity index (χ0) is 25.3. The number of aliphatic imine (C=N–C) groups is 1. The lowest BCUT2D eigenvalue weighted by molar-refractivity contribution is -0.137. The highest BCUT2D eigenvalue weighted by Gasteiger charge is 2.34. The Bertz CT molecular complexity index is 1290. The topological polar surface area (TPSA) is 57.2 Å². The highest BCUT2D eigenvalue weighted by atomic mass is 19.4. The average molecular weight is 495 g/mol. The van der Waals surface area contributed by atoms with Crippen molar-refractivity contribution in [1.29, 1.82) is 0 Å². The number of piperazine rings is 1. The van der Waals surface area contributed by atoms with E-state index in [1.165, 1.54) is 6.07 Å². The fourth-order valence-electron chi connectivity index (χ4n) is 4.47. The Hall–Kier alpha value is -4.01. The molecule has 1 fully saturated rings. The Morgan fingerprint density at radius 1 is 1.03 bits per heavy atom. The van der Waals surface area contributed by atoms with Crippen molar-refractivity contribution in [3.63, 3.8) is 0 Å². The molecule has 1 saturated heterocycles. The highest BCUT2D eigenvalue weighted by molar-refractivity contribution is 6.04. The molecule has 0 aromatic heterocycles. The molecule has 5 rings (SSSR count). The van der Waals surface area contributed by atoms with Crippen LogP contribution >= 0.6 is 0 Å². The van der Waals surface area contributed by atoms with Crippen molar-refractivity contribution < 1.29 is 22.7 Å². The van der Waals surface area contributed by atoms with Crippen molar-refractivity contribution in [3.05, 3.63) is 89.5 Å². The van der Waals surface area contributed by atoms with E-state index < -0.39 is 11.7 Å². The van der Waals surface area contributed by atoms with Gasteiger partial charge < -0.3 is 19.9 Å². The summed E-state index contributed by atoms with van der Waals surface area (Å²) >= 11 is 0. The van der Waals surface area contributed by atoms with E-state index in [4.69, 9.17) is 9.73 Å². The van der Waals surface area contributed by atoms with Gasteiger partial charge in [-0.15, -0.1) is 0 Å². The summed E-state index contributed by atoms with van der Waals surface area (Å²) in [6.07, 6.45) is -4.48. The number of nitrogens with zero attached hydrogens (tertiary/aromatic N) is 3. The predicted octanol–water partition coefficient (Wildman–Crippen LogP) is 5.81. The summed E-state index contributed by atoms with van der Waals surface area (Å²) in [5, 5.41) is 2.98. The number of ether oxygens (including phenoxy) is 1. The molecule has 0 aliphatic carbocycles. The van der Waals surface area contributed by atoms with Gasteiger partial charge in [0.25, 0.3) is 0 Å². The number of benzene rings is 3. The number of alkyl halides is 3. The van der Waals surface area contributed by atoms with Crippen LogP contribution in [0.4, 0.5) is 23.7 Å². The molecule has 0 saturated carbocycles. The van der Waals surface area contributed by atoms with Crippen molar-refractivity contribution in [2.75, 3.05) is 19.6 Å². The van der Waals surface area contributed by atoms with E-state index in [1.807, 2.05) is 49.4 Å². The molecule has 3 aromatic carbocycles. The molecule has 0 bridgehead atoms. The first-order valence-corrected chi connectivity index (χ1v) is 11.7. The van der Waals surface area contributed by atoms with E-state index in [0.29, 0.717) is 49.0 Å². The number of para-hydroxylation sites is 1. The van der Waals surface area contributed by atoms with Crippen LogP contribution in [0.15, 0.2) is 77.8 Å². The Balaban J connectivity index is 1.37. The molecule has 1 atom stereocenters. The van der Waals surface area contributed by atoms with Crippen LogP contribution in [0.25, 0.3) is 0 Å². The van der Waals surface area contributed by atoms with Crippen LogP contribution in [0.3, 0.4) is 0 Å². The number of carbonyl (C=O) groups excluding carboxylic acids is 1. The lowest BCUT2D eigenvalue weighted by Gasteiger charge is -2.41. The van der Waals surface area contributed by atoms with E-state index >= 15 is 0 Å². The second-order valence-corrected chi connectivity index (χ2v) is 8.85. The maximum absolute atomic E-state index is 13.3. The highest BCUT2D eigenvalue weighted by Crippen LogP contribution is 2.42. The molecule has 1 N–H and O–H groups in total. The standard InChI is InChI=1S/C27H25F3N4O2/c1-18-17-33(13-14-34(18)26(35)31-16-19-7-3-2-4-8-19)25-21-9-5-6-10-23(21)36-24-15-20(27(28,29)30)11-12-22(24)32-25/h2-12,15,18H,13-14,16-17H2,1H3,(H,31,35)/t18-/m0/s1. The Labute approximate surface area is 207 Å². The summed E-state index contributed by atoms with van der Waals surface area (Å²) in [5.74, 6) is 1.10. The lowest BCUT2D eigenvalue weighted by atomic mass is 10.1. The minimum Gasteiger partial charge on any atom is -0.454 e. The van der Waals surface area contributed by atoms with Crippen LogP contribution in [0, 0.1) is 0 Å². The number of fused-ring (bicyclic) bond motifs is 2. The van der Waals surface area contributed by atoms with Crippen LogP contribution in [-0.4, -0.2) is 47.3 Å². The number of hydrogen-bond acceptors (Lipinski definition) is 4. The first-order valence-electron chi connectivity index (χ1n) is 11.7. The number of halogens is 3. The number of amidine groups is 1. The molecule has 0 unspecified atom stereocenters. The smallest absolute Gasteiger partial charge is 0.416 e. The van der Waals surface area contributed by atoms with Gasteiger partial charge in [-0.2, -0.15) is 13.2 Å². The fraction of sp³-hybridized carbons (Fsp3) is 0.259.